The van der Waals surface area contributed by atoms with Crippen molar-refractivity contribution in [2.75, 3.05) is 40.3 Å². The molecule has 0 atom stereocenters. The topological polar surface area (TPSA) is 87.0 Å². The highest BCUT2D eigenvalue weighted by molar-refractivity contribution is 7.89. The molecule has 1 fully saturated rings. The number of carbonyl (C=O) groups excluding carboxylic acids is 1. The minimum atomic E-state index is -3.63. The van der Waals surface area contributed by atoms with Gasteiger partial charge in [-0.25, -0.2) is 8.42 Å². The second-order valence-electron chi connectivity index (χ2n) is 7.59. The molecule has 8 nitrogen and oxygen atoms in total. The summed E-state index contributed by atoms with van der Waals surface area (Å²) < 4.78 is 32.7. The summed E-state index contributed by atoms with van der Waals surface area (Å²) in [4.78, 5) is 16.2. The fourth-order valence-electron chi connectivity index (χ4n) is 3.64. The zero-order valence-electron chi connectivity index (χ0n) is 17.4. The van der Waals surface area contributed by atoms with Gasteiger partial charge in [-0.1, -0.05) is 17.3 Å². The molecule has 1 amide bonds. The van der Waals surface area contributed by atoms with E-state index >= 15 is 0 Å². The van der Waals surface area contributed by atoms with E-state index in [0.717, 1.165) is 18.5 Å². The first-order chi connectivity index (χ1) is 13.7. The fourth-order valence-corrected chi connectivity index (χ4v) is 5.40. The van der Waals surface area contributed by atoms with Gasteiger partial charge in [0.25, 0.3) is 5.91 Å². The predicted molar refractivity (Wildman–Crippen MR) is 109 cm³/mol. The highest BCUT2D eigenvalue weighted by Crippen LogP contribution is 2.24. The Morgan fingerprint density at radius 2 is 1.93 bits per heavy atom. The average Bonchev–Trinajstić information content (AvgIpc) is 2.87. The SMILES string of the molecule is Cc1noc(C)c1S(=O)(=O)N1CCCN(Cc2cccc(C(=O)N(C)C)c2)CC1. The Labute approximate surface area is 172 Å². The zero-order chi connectivity index (χ0) is 21.2. The lowest BCUT2D eigenvalue weighted by atomic mass is 10.1. The van der Waals surface area contributed by atoms with E-state index in [0.29, 0.717) is 43.2 Å². The van der Waals surface area contributed by atoms with Crippen molar-refractivity contribution in [2.45, 2.75) is 31.7 Å². The van der Waals surface area contributed by atoms with E-state index in [1.54, 1.807) is 32.8 Å². The Hall–Kier alpha value is -2.23. The zero-order valence-corrected chi connectivity index (χ0v) is 18.2. The summed E-state index contributed by atoms with van der Waals surface area (Å²) in [5, 5.41) is 3.78. The molecule has 0 bridgehead atoms. The van der Waals surface area contributed by atoms with Gasteiger partial charge in [-0.3, -0.25) is 9.69 Å². The van der Waals surface area contributed by atoms with Crippen LogP contribution in [-0.2, 0) is 16.6 Å². The van der Waals surface area contributed by atoms with Crippen molar-refractivity contribution in [2.24, 2.45) is 0 Å². The predicted octanol–water partition coefficient (Wildman–Crippen LogP) is 1.89. The molecular weight excluding hydrogens is 392 g/mol. The van der Waals surface area contributed by atoms with Crippen LogP contribution in [0.1, 0.15) is 33.8 Å². The van der Waals surface area contributed by atoms with Gasteiger partial charge in [-0.05, 0) is 44.5 Å². The molecule has 1 aliphatic rings. The number of nitrogens with zero attached hydrogens (tertiary/aromatic N) is 4. The maximum Gasteiger partial charge on any atom is 0.253 e. The number of amides is 1. The number of hydrogen-bond acceptors (Lipinski definition) is 6. The Balaban J connectivity index is 1.69. The third-order valence-corrected chi connectivity index (χ3v) is 7.24. The molecule has 1 aromatic carbocycles. The summed E-state index contributed by atoms with van der Waals surface area (Å²) in [5.41, 5.74) is 2.09. The van der Waals surface area contributed by atoms with Gasteiger partial charge < -0.3 is 9.42 Å². The van der Waals surface area contributed by atoms with Crippen molar-refractivity contribution >= 4 is 15.9 Å². The first-order valence-corrected chi connectivity index (χ1v) is 11.1. The Kier molecular flexibility index (Phi) is 6.40. The third-order valence-electron chi connectivity index (χ3n) is 5.10. The van der Waals surface area contributed by atoms with E-state index in [9.17, 15) is 13.2 Å². The number of sulfonamides is 1. The Morgan fingerprint density at radius 3 is 2.59 bits per heavy atom. The third kappa shape index (κ3) is 4.68. The molecule has 0 saturated carbocycles. The normalized spacial score (nSPS) is 16.6. The van der Waals surface area contributed by atoms with Crippen LogP contribution in [0.5, 0.6) is 0 Å². The van der Waals surface area contributed by atoms with E-state index in [2.05, 4.69) is 10.1 Å². The molecule has 3 rings (SSSR count). The van der Waals surface area contributed by atoms with Gasteiger partial charge >= 0.3 is 0 Å². The lowest BCUT2D eigenvalue weighted by Crippen LogP contribution is -2.35. The summed E-state index contributed by atoms with van der Waals surface area (Å²) in [5.74, 6) is 0.297. The second kappa shape index (κ2) is 8.64. The smallest absolute Gasteiger partial charge is 0.253 e. The standard InChI is InChI=1S/C20H28N4O4S/c1-15-19(16(2)28-21-15)29(26,27)24-10-6-9-23(11-12-24)14-17-7-5-8-18(13-17)20(25)22(3)4/h5,7-8,13H,6,9-12,14H2,1-4H3. The van der Waals surface area contributed by atoms with Gasteiger partial charge in [0, 0.05) is 45.8 Å². The highest BCUT2D eigenvalue weighted by Gasteiger charge is 2.32. The summed E-state index contributed by atoms with van der Waals surface area (Å²) in [6, 6.07) is 7.60. The van der Waals surface area contributed by atoms with Crippen LogP contribution in [0.4, 0.5) is 0 Å². The molecule has 2 heterocycles. The molecular formula is C20H28N4O4S. The molecule has 0 unspecified atom stereocenters. The Morgan fingerprint density at radius 1 is 1.17 bits per heavy atom. The quantitative estimate of drug-likeness (QED) is 0.734. The molecule has 2 aromatic rings. The molecule has 0 N–H and O–H groups in total. The van der Waals surface area contributed by atoms with Crippen molar-refractivity contribution in [1.82, 2.24) is 19.3 Å². The molecule has 0 aliphatic carbocycles. The van der Waals surface area contributed by atoms with E-state index in [4.69, 9.17) is 4.52 Å². The highest BCUT2D eigenvalue weighted by atomic mass is 32.2. The van der Waals surface area contributed by atoms with Crippen molar-refractivity contribution < 1.29 is 17.7 Å². The van der Waals surface area contributed by atoms with E-state index < -0.39 is 10.0 Å². The second-order valence-corrected chi connectivity index (χ2v) is 9.46. The molecule has 9 heteroatoms. The number of rotatable bonds is 5. The average molecular weight is 421 g/mol. The number of aromatic nitrogens is 1. The summed E-state index contributed by atoms with van der Waals surface area (Å²) in [7, 11) is -0.159. The maximum atomic E-state index is 13.1. The van der Waals surface area contributed by atoms with Gasteiger partial charge in [-0.15, -0.1) is 0 Å². The molecule has 158 valence electrons. The molecule has 29 heavy (non-hydrogen) atoms. The number of aryl methyl sites for hydroxylation is 2. The molecule has 1 aliphatic heterocycles. The molecule has 0 spiro atoms. The first kappa shape index (κ1) is 21.5. The van der Waals surface area contributed by atoms with Crippen molar-refractivity contribution in [1.29, 1.82) is 0 Å². The lowest BCUT2D eigenvalue weighted by Gasteiger charge is -2.22. The van der Waals surface area contributed by atoms with Crippen molar-refractivity contribution in [3.63, 3.8) is 0 Å². The van der Waals surface area contributed by atoms with Gasteiger partial charge in [-0.2, -0.15) is 4.31 Å². The fraction of sp³-hybridized carbons (Fsp3) is 0.500. The van der Waals surface area contributed by atoms with E-state index in [1.807, 2.05) is 24.3 Å². The molecule has 1 saturated heterocycles. The Bertz CT molecular complexity index is 965. The minimum Gasteiger partial charge on any atom is -0.360 e. The van der Waals surface area contributed by atoms with Crippen LogP contribution >= 0.6 is 0 Å². The molecule has 0 radical (unpaired) electrons. The van der Waals surface area contributed by atoms with E-state index in [1.165, 1.54) is 4.31 Å². The van der Waals surface area contributed by atoms with E-state index in [-0.39, 0.29) is 10.8 Å². The van der Waals surface area contributed by atoms with Crippen LogP contribution in [0.25, 0.3) is 0 Å². The lowest BCUT2D eigenvalue weighted by molar-refractivity contribution is 0.0827. The van der Waals surface area contributed by atoms with Crippen molar-refractivity contribution in [3.05, 3.63) is 46.8 Å². The van der Waals surface area contributed by atoms with Crippen LogP contribution in [0.15, 0.2) is 33.7 Å². The summed E-state index contributed by atoms with van der Waals surface area (Å²) in [6.45, 7) is 6.22. The largest absolute Gasteiger partial charge is 0.360 e. The maximum absolute atomic E-state index is 13.1. The van der Waals surface area contributed by atoms with Gasteiger partial charge in [0.1, 0.15) is 10.6 Å². The number of benzene rings is 1. The van der Waals surface area contributed by atoms with Crippen LogP contribution in [0.3, 0.4) is 0 Å². The van der Waals surface area contributed by atoms with Crippen LogP contribution < -0.4 is 0 Å². The summed E-state index contributed by atoms with van der Waals surface area (Å²) >= 11 is 0. The minimum absolute atomic E-state index is 0.0283. The van der Waals surface area contributed by atoms with Crippen LogP contribution in [-0.4, -0.2) is 73.9 Å². The monoisotopic (exact) mass is 420 g/mol. The number of hydrogen-bond donors (Lipinski definition) is 0. The van der Waals surface area contributed by atoms with Crippen LogP contribution in [0, 0.1) is 13.8 Å². The number of carbonyl (C=O) groups is 1. The summed E-state index contributed by atoms with van der Waals surface area (Å²) in [6.07, 6.45) is 0.735. The molecule has 1 aromatic heterocycles. The van der Waals surface area contributed by atoms with Crippen molar-refractivity contribution in [3.8, 4) is 0 Å². The van der Waals surface area contributed by atoms with Gasteiger partial charge in [0.2, 0.25) is 10.0 Å². The first-order valence-electron chi connectivity index (χ1n) is 9.66. The van der Waals surface area contributed by atoms with Gasteiger partial charge in [0.05, 0.1) is 0 Å². The van der Waals surface area contributed by atoms with Crippen LogP contribution in [0.2, 0.25) is 0 Å². The van der Waals surface area contributed by atoms with Gasteiger partial charge in [0.15, 0.2) is 5.76 Å².